The number of nitrogen functional groups attached to an aromatic ring is 1. The minimum absolute atomic E-state index is 0.603. The highest BCUT2D eigenvalue weighted by molar-refractivity contribution is 5.87. The number of furan rings is 1. The Bertz CT molecular complexity index is 769. The highest BCUT2D eigenvalue weighted by Gasteiger charge is 2.20. The van der Waals surface area contributed by atoms with Gasteiger partial charge in [0.25, 0.3) is 0 Å². The maximum absolute atomic E-state index is 6.19. The van der Waals surface area contributed by atoms with Crippen LogP contribution in [-0.2, 0) is 7.05 Å². The summed E-state index contributed by atoms with van der Waals surface area (Å²) < 4.78 is 12.4. The number of hydrogen-bond acceptors (Lipinski definition) is 4. The van der Waals surface area contributed by atoms with Gasteiger partial charge in [-0.3, -0.25) is 4.68 Å². The number of hydrogen-bond donors (Lipinski definition) is 1. The van der Waals surface area contributed by atoms with Crippen LogP contribution in [-0.4, -0.2) is 16.9 Å². The normalized spacial score (nSPS) is 10.8. The molecule has 0 aliphatic rings. The van der Waals surface area contributed by atoms with Gasteiger partial charge in [0, 0.05) is 7.05 Å². The lowest BCUT2D eigenvalue weighted by Crippen LogP contribution is -1.98. The molecular weight excluding hydrogens is 266 g/mol. The molecular formula is C16H17N3O2. The maximum Gasteiger partial charge on any atom is 0.157 e. The van der Waals surface area contributed by atoms with Gasteiger partial charge in [0.05, 0.1) is 18.9 Å². The number of nitrogens with two attached hydrogens (primary N) is 1. The molecule has 3 aromatic rings. The summed E-state index contributed by atoms with van der Waals surface area (Å²) >= 11 is 0. The first kappa shape index (κ1) is 13.3. The third kappa shape index (κ3) is 2.16. The number of nitrogens with zero attached hydrogens (tertiary/aromatic N) is 2. The van der Waals surface area contributed by atoms with Crippen LogP contribution in [0.3, 0.4) is 0 Å². The molecule has 0 saturated heterocycles. The van der Waals surface area contributed by atoms with E-state index in [2.05, 4.69) is 5.10 Å². The fourth-order valence-corrected chi connectivity index (χ4v) is 2.35. The summed E-state index contributed by atoms with van der Waals surface area (Å²) in [6.45, 7) is 1.99. The van der Waals surface area contributed by atoms with E-state index in [-0.39, 0.29) is 0 Å². The minimum atomic E-state index is 0.603. The molecule has 0 aliphatic heterocycles. The Morgan fingerprint density at radius 2 is 1.90 bits per heavy atom. The van der Waals surface area contributed by atoms with Crippen LogP contribution in [0.25, 0.3) is 22.6 Å². The zero-order valence-corrected chi connectivity index (χ0v) is 12.3. The van der Waals surface area contributed by atoms with Crippen LogP contribution in [0.2, 0.25) is 0 Å². The van der Waals surface area contributed by atoms with E-state index in [0.29, 0.717) is 5.82 Å². The Hall–Kier alpha value is -2.69. The van der Waals surface area contributed by atoms with Crippen molar-refractivity contribution in [3.63, 3.8) is 0 Å². The van der Waals surface area contributed by atoms with E-state index in [1.165, 1.54) is 0 Å². The van der Waals surface area contributed by atoms with Gasteiger partial charge >= 0.3 is 0 Å². The zero-order valence-electron chi connectivity index (χ0n) is 12.3. The Balaban J connectivity index is 2.19. The Labute approximate surface area is 122 Å². The molecule has 5 nitrogen and oxygen atoms in total. The monoisotopic (exact) mass is 283 g/mol. The van der Waals surface area contributed by atoms with Crippen LogP contribution in [0.1, 0.15) is 5.56 Å². The van der Waals surface area contributed by atoms with Crippen molar-refractivity contribution in [2.75, 3.05) is 12.8 Å². The van der Waals surface area contributed by atoms with Crippen molar-refractivity contribution in [1.82, 2.24) is 9.78 Å². The van der Waals surface area contributed by atoms with Crippen molar-refractivity contribution in [2.45, 2.75) is 6.92 Å². The lowest BCUT2D eigenvalue weighted by Gasteiger charge is -2.05. The molecule has 0 amide bonds. The fourth-order valence-electron chi connectivity index (χ4n) is 2.35. The number of aryl methyl sites for hydroxylation is 2. The van der Waals surface area contributed by atoms with Gasteiger partial charge in [-0.2, -0.15) is 5.10 Å². The summed E-state index contributed by atoms with van der Waals surface area (Å²) in [4.78, 5) is 0. The van der Waals surface area contributed by atoms with Gasteiger partial charge < -0.3 is 14.9 Å². The number of aromatic nitrogens is 2. The van der Waals surface area contributed by atoms with E-state index in [0.717, 1.165) is 33.9 Å². The third-order valence-corrected chi connectivity index (χ3v) is 3.55. The van der Waals surface area contributed by atoms with Crippen molar-refractivity contribution < 1.29 is 9.15 Å². The number of methoxy groups -OCH3 is 1. The van der Waals surface area contributed by atoms with Gasteiger partial charge in [-0.25, -0.2) is 0 Å². The van der Waals surface area contributed by atoms with Crippen molar-refractivity contribution >= 4 is 5.82 Å². The second-order valence-electron chi connectivity index (χ2n) is 4.89. The van der Waals surface area contributed by atoms with Crippen molar-refractivity contribution in [2.24, 2.45) is 7.05 Å². The Kier molecular flexibility index (Phi) is 3.17. The first-order valence-electron chi connectivity index (χ1n) is 6.63. The lowest BCUT2D eigenvalue weighted by molar-refractivity contribution is 0.415. The predicted octanol–water partition coefficient (Wildman–Crippen LogP) is 3.25. The molecule has 21 heavy (non-hydrogen) atoms. The number of benzene rings is 1. The summed E-state index contributed by atoms with van der Waals surface area (Å²) in [5.74, 6) is 2.15. The quantitative estimate of drug-likeness (QED) is 0.801. The van der Waals surface area contributed by atoms with Gasteiger partial charge in [0.15, 0.2) is 5.76 Å². The molecule has 2 aromatic heterocycles. The maximum atomic E-state index is 6.19. The molecule has 2 heterocycles. The molecule has 5 heteroatoms. The number of rotatable bonds is 3. The van der Waals surface area contributed by atoms with E-state index in [1.54, 1.807) is 18.1 Å². The molecule has 0 saturated carbocycles. The van der Waals surface area contributed by atoms with Gasteiger partial charge in [0.2, 0.25) is 0 Å². The highest BCUT2D eigenvalue weighted by Crippen LogP contribution is 2.37. The van der Waals surface area contributed by atoms with Crippen molar-refractivity contribution in [3.05, 3.63) is 42.2 Å². The molecule has 108 valence electrons. The zero-order chi connectivity index (χ0) is 15.0. The van der Waals surface area contributed by atoms with Crippen LogP contribution >= 0.6 is 0 Å². The van der Waals surface area contributed by atoms with Crippen LogP contribution in [0.5, 0.6) is 5.75 Å². The average molecular weight is 283 g/mol. The highest BCUT2D eigenvalue weighted by atomic mass is 16.5. The minimum Gasteiger partial charge on any atom is -0.497 e. The second-order valence-corrected chi connectivity index (χ2v) is 4.89. The van der Waals surface area contributed by atoms with Gasteiger partial charge in [-0.15, -0.1) is 0 Å². The van der Waals surface area contributed by atoms with Crippen LogP contribution < -0.4 is 10.5 Å². The van der Waals surface area contributed by atoms with E-state index in [4.69, 9.17) is 14.9 Å². The standard InChI is InChI=1S/C16H17N3O2/c1-10-8-9-21-15(10)14-13(16(17)19(2)18-14)11-4-6-12(20-3)7-5-11/h4-9H,17H2,1-3H3. The van der Waals surface area contributed by atoms with Crippen LogP contribution in [0.4, 0.5) is 5.82 Å². The van der Waals surface area contributed by atoms with E-state index in [9.17, 15) is 0 Å². The first-order chi connectivity index (χ1) is 10.1. The van der Waals surface area contributed by atoms with Crippen molar-refractivity contribution in [1.29, 1.82) is 0 Å². The Morgan fingerprint density at radius 1 is 1.19 bits per heavy atom. The summed E-state index contributed by atoms with van der Waals surface area (Å²) in [6.07, 6.45) is 1.66. The molecule has 0 bridgehead atoms. The van der Waals surface area contributed by atoms with Crippen LogP contribution in [0, 0.1) is 6.92 Å². The molecule has 0 radical (unpaired) electrons. The third-order valence-electron chi connectivity index (χ3n) is 3.55. The van der Waals surface area contributed by atoms with Gasteiger partial charge in [0.1, 0.15) is 17.3 Å². The summed E-state index contributed by atoms with van der Waals surface area (Å²) in [6, 6.07) is 9.65. The molecule has 0 aliphatic carbocycles. The van der Waals surface area contributed by atoms with Crippen LogP contribution in [0.15, 0.2) is 41.0 Å². The Morgan fingerprint density at radius 3 is 2.48 bits per heavy atom. The number of ether oxygens (including phenoxy) is 1. The summed E-state index contributed by atoms with van der Waals surface area (Å²) in [5, 5.41) is 4.50. The SMILES string of the molecule is COc1ccc(-c2c(-c3occc3C)nn(C)c2N)cc1. The van der Waals surface area contributed by atoms with E-state index in [1.807, 2.05) is 44.3 Å². The molecule has 1 aromatic carbocycles. The molecule has 0 atom stereocenters. The second kappa shape index (κ2) is 5.01. The summed E-state index contributed by atoms with van der Waals surface area (Å²) in [7, 11) is 3.47. The average Bonchev–Trinajstić information content (AvgIpc) is 3.04. The summed E-state index contributed by atoms with van der Waals surface area (Å²) in [5.41, 5.74) is 9.82. The van der Waals surface area contributed by atoms with E-state index < -0.39 is 0 Å². The fraction of sp³-hybridized carbons (Fsp3) is 0.188. The molecule has 0 spiro atoms. The van der Waals surface area contributed by atoms with Crippen molar-refractivity contribution in [3.8, 4) is 28.3 Å². The van der Waals surface area contributed by atoms with Gasteiger partial charge in [-0.05, 0) is 36.2 Å². The number of anilines is 1. The molecule has 2 N–H and O–H groups in total. The lowest BCUT2D eigenvalue weighted by atomic mass is 10.0. The van der Waals surface area contributed by atoms with E-state index >= 15 is 0 Å². The molecule has 3 rings (SSSR count). The molecule has 0 unspecified atom stereocenters. The van der Waals surface area contributed by atoms with Gasteiger partial charge in [-0.1, -0.05) is 12.1 Å². The largest absolute Gasteiger partial charge is 0.497 e. The molecule has 0 fully saturated rings. The smallest absolute Gasteiger partial charge is 0.157 e. The first-order valence-corrected chi connectivity index (χ1v) is 6.63. The predicted molar refractivity (Wildman–Crippen MR) is 82.0 cm³/mol. The topological polar surface area (TPSA) is 66.2 Å².